The van der Waals surface area contributed by atoms with Crippen LogP contribution >= 0.6 is 0 Å². The highest BCUT2D eigenvalue weighted by atomic mass is 16.6. The molecule has 4 aliphatic carbocycles. The van der Waals surface area contributed by atoms with Crippen LogP contribution in [-0.4, -0.2) is 28.7 Å². The largest absolute Gasteiger partial charge is 0.392 e. The average molecular weight is 457 g/mol. The number of carbonyl (C=O) groups is 1. The molecule has 186 valence electrons. The number of allylic oxidation sites excluding steroid dienone is 1. The van der Waals surface area contributed by atoms with Gasteiger partial charge in [-0.15, -0.1) is 0 Å². The minimum Gasteiger partial charge on any atom is -0.392 e. The fourth-order valence-corrected chi connectivity index (χ4v) is 9.73. The predicted molar refractivity (Wildman–Crippen MR) is 133 cm³/mol. The van der Waals surface area contributed by atoms with Gasteiger partial charge in [0.1, 0.15) is 5.78 Å². The van der Waals surface area contributed by atoms with Gasteiger partial charge in [-0.05, 0) is 93.3 Å². The summed E-state index contributed by atoms with van der Waals surface area (Å²) < 4.78 is 5.87. The molecule has 3 heteroatoms. The van der Waals surface area contributed by atoms with Gasteiger partial charge >= 0.3 is 0 Å². The Morgan fingerprint density at radius 2 is 1.73 bits per heavy atom. The summed E-state index contributed by atoms with van der Waals surface area (Å²) in [7, 11) is 0. The van der Waals surface area contributed by atoms with E-state index in [4.69, 9.17) is 4.74 Å². The first-order valence-electron chi connectivity index (χ1n) is 13.8. The highest BCUT2D eigenvalue weighted by Crippen LogP contribution is 2.74. The highest BCUT2D eigenvalue weighted by molar-refractivity contribution is 5.88. The molecular formula is C30H48O3. The van der Waals surface area contributed by atoms with Crippen LogP contribution in [0.3, 0.4) is 0 Å². The van der Waals surface area contributed by atoms with Gasteiger partial charge in [-0.3, -0.25) is 4.79 Å². The van der Waals surface area contributed by atoms with Crippen molar-refractivity contribution in [2.24, 2.45) is 45.3 Å². The van der Waals surface area contributed by atoms with Crippen molar-refractivity contribution in [2.75, 3.05) is 0 Å². The van der Waals surface area contributed by atoms with E-state index in [-0.39, 0.29) is 33.4 Å². The van der Waals surface area contributed by atoms with Crippen molar-refractivity contribution in [3.8, 4) is 0 Å². The average Bonchev–Trinajstić information content (AvgIpc) is 3.24. The molecule has 0 radical (unpaired) electrons. The van der Waals surface area contributed by atoms with Gasteiger partial charge in [0.15, 0.2) is 0 Å². The summed E-state index contributed by atoms with van der Waals surface area (Å²) in [5.41, 5.74) is 1.23. The minimum atomic E-state index is -0.295. The van der Waals surface area contributed by atoms with Crippen LogP contribution in [0.2, 0.25) is 0 Å². The first-order chi connectivity index (χ1) is 15.2. The van der Waals surface area contributed by atoms with Gasteiger partial charge in [-0.25, -0.2) is 0 Å². The molecule has 4 fully saturated rings. The lowest BCUT2D eigenvalue weighted by atomic mass is 9.38. The molecule has 3 nitrogen and oxygen atoms in total. The molecule has 1 aliphatic heterocycles. The Labute approximate surface area is 202 Å². The molecule has 33 heavy (non-hydrogen) atoms. The first kappa shape index (κ1) is 24.0. The number of rotatable bonds is 4. The zero-order valence-electron chi connectivity index (χ0n) is 22.5. The van der Waals surface area contributed by atoms with E-state index in [2.05, 4.69) is 61.5 Å². The molecule has 0 amide bonds. The topological polar surface area (TPSA) is 49.8 Å². The second-order valence-corrected chi connectivity index (χ2v) is 14.4. The molecule has 9 atom stereocenters. The molecule has 5 rings (SSSR count). The second-order valence-electron chi connectivity index (χ2n) is 14.4. The lowest BCUT2D eigenvalue weighted by molar-refractivity contribution is -0.171. The van der Waals surface area contributed by atoms with Gasteiger partial charge in [-0.1, -0.05) is 53.2 Å². The van der Waals surface area contributed by atoms with Crippen molar-refractivity contribution in [3.05, 3.63) is 11.6 Å². The van der Waals surface area contributed by atoms with Gasteiger partial charge in [0.2, 0.25) is 0 Å². The zero-order valence-corrected chi connectivity index (χ0v) is 22.5. The third-order valence-electron chi connectivity index (χ3n) is 12.4. The van der Waals surface area contributed by atoms with Gasteiger partial charge in [0, 0.05) is 17.3 Å². The summed E-state index contributed by atoms with van der Waals surface area (Å²) in [6.45, 7) is 18.6. The summed E-state index contributed by atoms with van der Waals surface area (Å²) >= 11 is 0. The van der Waals surface area contributed by atoms with E-state index >= 15 is 0 Å². The van der Waals surface area contributed by atoms with Crippen molar-refractivity contribution in [1.82, 2.24) is 0 Å². The standard InChI is InChI=1S/C30H48O3/c1-18(9-14-25-27(4,5)33-25)19-15-16-28(6)22-12-10-20-21(11-13-23(31)26(20,2)3)30(22,8)24(32)17-29(19,28)7/h10,18-19,21-23,25,31H,9,11-17H2,1-8H3/t18-,19-,21-,22+,23+,25-,28+,29-,30+/m1/s1. The number of hydrogen-bond acceptors (Lipinski definition) is 3. The number of carbonyl (C=O) groups excluding carboxylic acids is 1. The zero-order chi connectivity index (χ0) is 24.2. The van der Waals surface area contributed by atoms with Crippen LogP contribution in [0, 0.1) is 45.3 Å². The Balaban J connectivity index is 1.44. The normalized spacial score (nSPS) is 50.6. The molecule has 1 saturated heterocycles. The SMILES string of the molecule is C[C@H](CC[C@H]1OC1(C)C)[C@H]1CC[C@@]2(C)[C@@H]3CC=C4[C@@H](CC[C@H](O)C4(C)C)[C@]3(C)C(=O)C[C@]12C. The fourth-order valence-electron chi connectivity index (χ4n) is 9.73. The van der Waals surface area contributed by atoms with Crippen molar-refractivity contribution in [3.63, 3.8) is 0 Å². The molecule has 0 aromatic heterocycles. The number of fused-ring (bicyclic) bond motifs is 5. The Hall–Kier alpha value is -0.670. The Morgan fingerprint density at radius 3 is 2.36 bits per heavy atom. The quantitative estimate of drug-likeness (QED) is 0.377. The van der Waals surface area contributed by atoms with Crippen LogP contribution in [0.15, 0.2) is 11.6 Å². The number of aliphatic hydroxyl groups excluding tert-OH is 1. The maximum atomic E-state index is 14.2. The maximum absolute atomic E-state index is 14.2. The summed E-state index contributed by atoms with van der Waals surface area (Å²) in [5, 5.41) is 10.8. The minimum absolute atomic E-state index is 0.0733. The highest BCUT2D eigenvalue weighted by Gasteiger charge is 2.70. The molecule has 0 aromatic carbocycles. The summed E-state index contributed by atoms with van der Waals surface area (Å²) in [6, 6.07) is 0. The lowest BCUT2D eigenvalue weighted by Gasteiger charge is -2.64. The number of Topliss-reactive ketones (excluding diaryl/α,β-unsaturated/α-hetero) is 1. The monoisotopic (exact) mass is 456 g/mol. The van der Waals surface area contributed by atoms with Crippen molar-refractivity contribution in [1.29, 1.82) is 0 Å². The predicted octanol–water partition coefficient (Wildman–Crippen LogP) is 6.73. The maximum Gasteiger partial charge on any atom is 0.140 e. The molecule has 0 spiro atoms. The number of ether oxygens (including phenoxy) is 1. The van der Waals surface area contributed by atoms with Crippen molar-refractivity contribution < 1.29 is 14.6 Å². The van der Waals surface area contributed by atoms with Crippen LogP contribution in [-0.2, 0) is 9.53 Å². The molecule has 0 unspecified atom stereocenters. The summed E-state index contributed by atoms with van der Waals surface area (Å²) in [5.74, 6) is 2.48. The third kappa shape index (κ3) is 3.09. The fraction of sp³-hybridized carbons (Fsp3) is 0.900. The Kier molecular flexibility index (Phi) is 5.24. The lowest BCUT2D eigenvalue weighted by Crippen LogP contribution is -2.63. The summed E-state index contributed by atoms with van der Waals surface area (Å²) in [4.78, 5) is 14.2. The molecular weight excluding hydrogens is 408 g/mol. The van der Waals surface area contributed by atoms with Gasteiger partial charge in [-0.2, -0.15) is 0 Å². The second kappa shape index (κ2) is 7.19. The van der Waals surface area contributed by atoms with E-state index < -0.39 is 0 Å². The summed E-state index contributed by atoms with van der Waals surface area (Å²) in [6.07, 6.45) is 11.0. The van der Waals surface area contributed by atoms with E-state index in [1.165, 1.54) is 24.8 Å². The van der Waals surface area contributed by atoms with Crippen LogP contribution in [0.4, 0.5) is 0 Å². The number of hydrogen-bond donors (Lipinski definition) is 1. The molecule has 0 aromatic rings. The van der Waals surface area contributed by atoms with E-state index in [1.54, 1.807) is 0 Å². The van der Waals surface area contributed by atoms with Crippen molar-refractivity contribution >= 4 is 5.78 Å². The molecule has 1 N–H and O–H groups in total. The third-order valence-corrected chi connectivity index (χ3v) is 12.4. The van der Waals surface area contributed by atoms with E-state index in [0.29, 0.717) is 35.6 Å². The molecule has 1 heterocycles. The van der Waals surface area contributed by atoms with Crippen LogP contribution < -0.4 is 0 Å². The van der Waals surface area contributed by atoms with Gasteiger partial charge in [0.25, 0.3) is 0 Å². The Bertz CT molecular complexity index is 870. The van der Waals surface area contributed by atoms with E-state index in [1.807, 2.05) is 0 Å². The van der Waals surface area contributed by atoms with Gasteiger partial charge in [0.05, 0.1) is 17.8 Å². The van der Waals surface area contributed by atoms with Crippen molar-refractivity contribution in [2.45, 2.75) is 125 Å². The Morgan fingerprint density at radius 1 is 1.06 bits per heavy atom. The van der Waals surface area contributed by atoms with Crippen LogP contribution in [0.25, 0.3) is 0 Å². The van der Waals surface area contributed by atoms with Gasteiger partial charge < -0.3 is 9.84 Å². The van der Waals surface area contributed by atoms with Crippen LogP contribution in [0.5, 0.6) is 0 Å². The van der Waals surface area contributed by atoms with E-state index in [9.17, 15) is 9.90 Å². The number of epoxide rings is 1. The van der Waals surface area contributed by atoms with Crippen LogP contribution in [0.1, 0.15) is 107 Å². The first-order valence-corrected chi connectivity index (χ1v) is 13.8. The molecule has 3 saturated carbocycles. The number of aliphatic hydroxyl groups is 1. The molecule has 5 aliphatic rings. The molecule has 0 bridgehead atoms. The van der Waals surface area contributed by atoms with E-state index in [0.717, 1.165) is 32.1 Å². The number of ketones is 1. The smallest absolute Gasteiger partial charge is 0.140 e.